The number of halogens is 1. The number of hydrogen-bond acceptors (Lipinski definition) is 3. The summed E-state index contributed by atoms with van der Waals surface area (Å²) in [6.45, 7) is 2.03. The van der Waals surface area contributed by atoms with Crippen LogP contribution < -0.4 is 0 Å². The fraction of sp³-hybridized carbons (Fsp3) is 0.333. The Bertz CT molecular complexity index is 449. The van der Waals surface area contributed by atoms with Crippen molar-refractivity contribution in [1.82, 2.24) is 0 Å². The van der Waals surface area contributed by atoms with Gasteiger partial charge in [0.15, 0.2) is 0 Å². The van der Waals surface area contributed by atoms with Crippen LogP contribution in [0.4, 0.5) is 0 Å². The van der Waals surface area contributed by atoms with Gasteiger partial charge in [-0.15, -0.1) is 0 Å². The van der Waals surface area contributed by atoms with Gasteiger partial charge in [-0.2, -0.15) is 5.26 Å². The molecule has 0 amide bonds. The van der Waals surface area contributed by atoms with Crippen LogP contribution in [0.2, 0.25) is 0 Å². The van der Waals surface area contributed by atoms with Crippen LogP contribution in [0.1, 0.15) is 23.6 Å². The third-order valence-corrected chi connectivity index (χ3v) is 3.30. The van der Waals surface area contributed by atoms with Gasteiger partial charge < -0.3 is 4.74 Å². The van der Waals surface area contributed by atoms with Gasteiger partial charge in [-0.3, -0.25) is 4.79 Å². The first-order chi connectivity index (χ1) is 7.62. The van der Waals surface area contributed by atoms with Gasteiger partial charge in [0.2, 0.25) is 0 Å². The van der Waals surface area contributed by atoms with Crippen molar-refractivity contribution >= 4 is 28.6 Å². The minimum Gasteiger partial charge on any atom is -0.469 e. The first kappa shape index (κ1) is 13.0. The average molecular weight is 329 g/mol. The summed E-state index contributed by atoms with van der Waals surface area (Å²) in [7, 11) is 1.37. The zero-order valence-corrected chi connectivity index (χ0v) is 11.4. The molecule has 0 radical (unpaired) electrons. The van der Waals surface area contributed by atoms with Crippen LogP contribution in [0.5, 0.6) is 0 Å². The molecule has 0 unspecified atom stereocenters. The minimum atomic E-state index is -0.277. The Kier molecular flexibility index (Phi) is 4.74. The van der Waals surface area contributed by atoms with E-state index < -0.39 is 0 Å². The zero-order valence-electron chi connectivity index (χ0n) is 9.21. The van der Waals surface area contributed by atoms with Gasteiger partial charge >= 0.3 is 5.97 Å². The second kappa shape index (κ2) is 5.85. The van der Waals surface area contributed by atoms with E-state index in [0.717, 1.165) is 21.1 Å². The van der Waals surface area contributed by atoms with Gasteiger partial charge in [0.25, 0.3) is 0 Å². The van der Waals surface area contributed by atoms with Crippen molar-refractivity contribution < 1.29 is 9.53 Å². The molecule has 0 aliphatic rings. The summed E-state index contributed by atoms with van der Waals surface area (Å²) in [6.07, 6.45) is 1.07. The minimum absolute atomic E-state index is 0.227. The highest BCUT2D eigenvalue weighted by Gasteiger charge is 2.11. The molecule has 0 saturated heterocycles. The molecule has 84 valence electrons. The molecule has 0 saturated carbocycles. The number of ether oxygens (including phenoxy) is 1. The van der Waals surface area contributed by atoms with Crippen LogP contribution in [0.3, 0.4) is 0 Å². The predicted octanol–water partition coefficient (Wildman–Crippen LogP) is 2.44. The van der Waals surface area contributed by atoms with E-state index in [2.05, 4.69) is 33.4 Å². The topological polar surface area (TPSA) is 50.1 Å². The van der Waals surface area contributed by atoms with Crippen molar-refractivity contribution in [2.24, 2.45) is 0 Å². The largest absolute Gasteiger partial charge is 0.469 e. The van der Waals surface area contributed by atoms with Crippen LogP contribution in [0.25, 0.3) is 0 Å². The SMILES string of the molecule is CCc1c(I)cc(C#N)cc1CC(=O)OC. The molecule has 1 aromatic carbocycles. The Balaban J connectivity index is 3.19. The fourth-order valence-electron chi connectivity index (χ4n) is 1.54. The van der Waals surface area contributed by atoms with Gasteiger partial charge in [0.05, 0.1) is 25.2 Å². The van der Waals surface area contributed by atoms with Crippen molar-refractivity contribution in [3.63, 3.8) is 0 Å². The van der Waals surface area contributed by atoms with E-state index in [9.17, 15) is 4.79 Å². The molecule has 0 heterocycles. The number of nitriles is 1. The lowest BCUT2D eigenvalue weighted by Crippen LogP contribution is -2.08. The normalized spacial score (nSPS) is 9.62. The van der Waals surface area contributed by atoms with Crippen molar-refractivity contribution in [2.45, 2.75) is 19.8 Å². The lowest BCUT2D eigenvalue weighted by molar-refractivity contribution is -0.139. The van der Waals surface area contributed by atoms with E-state index in [1.807, 2.05) is 13.0 Å². The molecule has 0 aliphatic heterocycles. The third kappa shape index (κ3) is 2.95. The molecule has 0 spiro atoms. The second-order valence-corrected chi connectivity index (χ2v) is 4.48. The summed E-state index contributed by atoms with van der Waals surface area (Å²) in [5.41, 5.74) is 2.59. The molecule has 1 rings (SSSR count). The molecule has 16 heavy (non-hydrogen) atoms. The standard InChI is InChI=1S/C12H12INO2/c1-3-10-9(6-12(15)16-2)4-8(7-14)5-11(10)13/h4-5H,3,6H2,1-2H3. The van der Waals surface area contributed by atoms with Crippen LogP contribution in [0, 0.1) is 14.9 Å². The van der Waals surface area contributed by atoms with Gasteiger partial charge in [0, 0.05) is 3.57 Å². The van der Waals surface area contributed by atoms with Crippen molar-refractivity contribution in [3.05, 3.63) is 32.4 Å². The molecular weight excluding hydrogens is 317 g/mol. The molecule has 0 bridgehead atoms. The number of carbonyl (C=O) groups excluding carboxylic acids is 1. The molecule has 0 aromatic heterocycles. The summed E-state index contributed by atoms with van der Waals surface area (Å²) in [5.74, 6) is -0.277. The maximum Gasteiger partial charge on any atom is 0.309 e. The second-order valence-electron chi connectivity index (χ2n) is 3.31. The summed E-state index contributed by atoms with van der Waals surface area (Å²) >= 11 is 2.19. The number of hydrogen-bond donors (Lipinski definition) is 0. The van der Waals surface area contributed by atoms with Gasteiger partial charge in [0.1, 0.15) is 0 Å². The summed E-state index contributed by atoms with van der Waals surface area (Å²) < 4.78 is 5.67. The van der Waals surface area contributed by atoms with Crippen LogP contribution in [0.15, 0.2) is 12.1 Å². The average Bonchev–Trinajstić information content (AvgIpc) is 2.28. The van der Waals surface area contributed by atoms with Crippen LogP contribution in [-0.4, -0.2) is 13.1 Å². The van der Waals surface area contributed by atoms with Crippen molar-refractivity contribution in [1.29, 1.82) is 5.26 Å². The maximum absolute atomic E-state index is 11.3. The maximum atomic E-state index is 11.3. The van der Waals surface area contributed by atoms with E-state index in [1.54, 1.807) is 6.07 Å². The number of rotatable bonds is 3. The number of carbonyl (C=O) groups is 1. The zero-order chi connectivity index (χ0) is 12.1. The fourth-order valence-corrected chi connectivity index (χ4v) is 2.60. The molecule has 1 aromatic rings. The van der Waals surface area contributed by atoms with E-state index in [0.29, 0.717) is 5.56 Å². The van der Waals surface area contributed by atoms with Crippen LogP contribution in [-0.2, 0) is 22.4 Å². The van der Waals surface area contributed by atoms with Crippen molar-refractivity contribution in [2.75, 3.05) is 7.11 Å². The highest BCUT2D eigenvalue weighted by Crippen LogP contribution is 2.21. The predicted molar refractivity (Wildman–Crippen MR) is 69.0 cm³/mol. The lowest BCUT2D eigenvalue weighted by atomic mass is 10.00. The molecule has 3 nitrogen and oxygen atoms in total. The van der Waals surface area contributed by atoms with E-state index in [-0.39, 0.29) is 12.4 Å². The molecule has 0 N–H and O–H groups in total. The number of benzene rings is 1. The Labute approximate surface area is 109 Å². The summed E-state index contributed by atoms with van der Waals surface area (Å²) in [5, 5.41) is 8.87. The van der Waals surface area contributed by atoms with E-state index in [4.69, 9.17) is 5.26 Å². The van der Waals surface area contributed by atoms with Crippen LogP contribution >= 0.6 is 22.6 Å². The van der Waals surface area contributed by atoms with Gasteiger partial charge in [-0.05, 0) is 52.3 Å². The smallest absolute Gasteiger partial charge is 0.309 e. The first-order valence-electron chi connectivity index (χ1n) is 4.90. The van der Waals surface area contributed by atoms with E-state index >= 15 is 0 Å². The lowest BCUT2D eigenvalue weighted by Gasteiger charge is -2.09. The highest BCUT2D eigenvalue weighted by molar-refractivity contribution is 14.1. The highest BCUT2D eigenvalue weighted by atomic mass is 127. The molecule has 4 heteroatoms. The van der Waals surface area contributed by atoms with Gasteiger partial charge in [-0.25, -0.2) is 0 Å². The molecule has 0 atom stereocenters. The molecule has 0 aliphatic carbocycles. The Hall–Kier alpha value is -1.09. The number of esters is 1. The third-order valence-electron chi connectivity index (χ3n) is 2.33. The van der Waals surface area contributed by atoms with E-state index in [1.165, 1.54) is 7.11 Å². The number of nitrogens with zero attached hydrogens (tertiary/aromatic N) is 1. The number of methoxy groups -OCH3 is 1. The quantitative estimate of drug-likeness (QED) is 0.632. The first-order valence-corrected chi connectivity index (χ1v) is 5.98. The summed E-state index contributed by atoms with van der Waals surface area (Å²) in [6, 6.07) is 5.69. The Morgan fingerprint density at radius 1 is 1.56 bits per heavy atom. The summed E-state index contributed by atoms with van der Waals surface area (Å²) in [4.78, 5) is 11.3. The molecule has 0 fully saturated rings. The Morgan fingerprint density at radius 3 is 2.75 bits per heavy atom. The monoisotopic (exact) mass is 329 g/mol. The molecular formula is C12H12INO2. The Morgan fingerprint density at radius 2 is 2.25 bits per heavy atom. The van der Waals surface area contributed by atoms with Crippen molar-refractivity contribution in [3.8, 4) is 6.07 Å². The van der Waals surface area contributed by atoms with Gasteiger partial charge in [-0.1, -0.05) is 6.92 Å².